The summed E-state index contributed by atoms with van der Waals surface area (Å²) in [6, 6.07) is 15.5. The van der Waals surface area contributed by atoms with Gasteiger partial charge < -0.3 is 13.7 Å². The third-order valence-electron chi connectivity index (χ3n) is 4.16. The van der Waals surface area contributed by atoms with Crippen molar-refractivity contribution < 1.29 is 27.5 Å². The van der Waals surface area contributed by atoms with Crippen LogP contribution in [0.2, 0.25) is 0 Å². The number of rotatable bonds is 4. The molecule has 2 unspecified atom stereocenters. The number of hydrogen-bond acceptors (Lipinski definition) is 7. The number of ketones is 1. The number of esters is 1. The Labute approximate surface area is 155 Å². The normalized spacial score (nSPS) is 23.3. The van der Waals surface area contributed by atoms with E-state index in [4.69, 9.17) is 13.7 Å². The largest absolute Gasteiger partial charge is 0.465 e. The highest BCUT2D eigenvalue weighted by molar-refractivity contribution is 7.88. The molecule has 0 amide bonds. The number of benzene rings is 2. The maximum Gasteiger partial charge on any atom is 0.338 e. The Kier molecular flexibility index (Phi) is 4.19. The van der Waals surface area contributed by atoms with Gasteiger partial charge in [0.1, 0.15) is 0 Å². The Balaban J connectivity index is 1.61. The Hall–Kier alpha value is -3.13. The molecule has 0 saturated heterocycles. The fourth-order valence-corrected chi connectivity index (χ4v) is 4.50. The van der Waals surface area contributed by atoms with E-state index in [0.29, 0.717) is 5.56 Å². The molecule has 0 bridgehead atoms. The Morgan fingerprint density at radius 1 is 1.15 bits per heavy atom. The van der Waals surface area contributed by atoms with Gasteiger partial charge in [-0.2, -0.15) is 0 Å². The summed E-state index contributed by atoms with van der Waals surface area (Å²) in [5.41, 5.74) is 1.33. The Morgan fingerprint density at radius 2 is 1.85 bits per heavy atom. The van der Waals surface area contributed by atoms with Gasteiger partial charge in [-0.3, -0.25) is 4.79 Å². The molecule has 138 valence electrons. The minimum atomic E-state index is -3.12. The summed E-state index contributed by atoms with van der Waals surface area (Å²) in [6.07, 6.45) is -1.09. The first-order valence-corrected chi connectivity index (χ1v) is 9.72. The van der Waals surface area contributed by atoms with E-state index in [0.717, 1.165) is 5.56 Å². The maximum atomic E-state index is 12.8. The molecular weight excluding hydrogens is 370 g/mol. The lowest BCUT2D eigenvalue weighted by molar-refractivity contribution is -0.123. The molecule has 2 aromatic carbocycles. The van der Waals surface area contributed by atoms with Crippen molar-refractivity contribution in [2.75, 3.05) is 7.11 Å². The third kappa shape index (κ3) is 3.08. The van der Waals surface area contributed by atoms with E-state index in [2.05, 4.69) is 4.36 Å². The molecule has 0 fully saturated rings. The molecule has 8 heteroatoms. The molecule has 2 aliphatic heterocycles. The minimum Gasteiger partial charge on any atom is -0.465 e. The second-order valence-electron chi connectivity index (χ2n) is 5.96. The van der Waals surface area contributed by atoms with Crippen molar-refractivity contribution in [3.63, 3.8) is 0 Å². The fraction of sp³-hybridized carbons (Fsp3) is 0.158. The van der Waals surface area contributed by atoms with Gasteiger partial charge in [-0.15, -0.1) is 4.36 Å². The molecular formula is C19H15NO6S. The molecule has 0 radical (unpaired) electrons. The van der Waals surface area contributed by atoms with Crippen LogP contribution in [-0.4, -0.2) is 23.1 Å². The van der Waals surface area contributed by atoms with Crippen molar-refractivity contribution in [3.05, 3.63) is 82.9 Å². The van der Waals surface area contributed by atoms with Crippen molar-refractivity contribution in [1.82, 2.24) is 0 Å². The third-order valence-corrected chi connectivity index (χ3v) is 5.73. The Morgan fingerprint density at radius 3 is 2.56 bits per heavy atom. The molecule has 2 atom stereocenters. The maximum absolute atomic E-state index is 12.8. The predicted octanol–water partition coefficient (Wildman–Crippen LogP) is 2.90. The smallest absolute Gasteiger partial charge is 0.338 e. The number of Topliss-reactive ketones (excluding diaryl/α,β-unsaturated/α-hetero) is 1. The van der Waals surface area contributed by atoms with Gasteiger partial charge >= 0.3 is 5.97 Å². The standard InChI is InChI=1S/C19H15NO6S/c1-24-19(22)14-10-6-5-9-13(14)16-15(21)17-18(25-16)20-27(23,26-17)11-12-7-3-2-4-8-12/h2-10,16H,11H2,1H3. The molecule has 0 aromatic heterocycles. The first-order valence-electron chi connectivity index (χ1n) is 8.11. The van der Waals surface area contributed by atoms with E-state index in [1.165, 1.54) is 13.2 Å². The van der Waals surface area contributed by atoms with Crippen LogP contribution in [0.3, 0.4) is 0 Å². The van der Waals surface area contributed by atoms with E-state index < -0.39 is 27.9 Å². The predicted molar refractivity (Wildman–Crippen MR) is 95.4 cm³/mol. The summed E-state index contributed by atoms with van der Waals surface area (Å²) in [5.74, 6) is -1.32. The number of ether oxygens (including phenoxy) is 2. The van der Waals surface area contributed by atoms with E-state index in [-0.39, 0.29) is 23.0 Å². The van der Waals surface area contributed by atoms with Crippen LogP contribution in [0.15, 0.2) is 70.6 Å². The zero-order valence-electron chi connectivity index (χ0n) is 14.3. The van der Waals surface area contributed by atoms with E-state index in [9.17, 15) is 13.8 Å². The zero-order chi connectivity index (χ0) is 19.0. The summed E-state index contributed by atoms with van der Waals surface area (Å²) in [7, 11) is -1.87. The van der Waals surface area contributed by atoms with Crippen molar-refractivity contribution >= 4 is 21.8 Å². The number of carbonyl (C=O) groups is 2. The lowest BCUT2D eigenvalue weighted by Gasteiger charge is -2.15. The monoisotopic (exact) mass is 385 g/mol. The zero-order valence-corrected chi connectivity index (χ0v) is 15.1. The van der Waals surface area contributed by atoms with Gasteiger partial charge in [0.2, 0.25) is 15.8 Å². The molecule has 0 aliphatic carbocycles. The Bertz CT molecular complexity index is 1080. The fourth-order valence-electron chi connectivity index (χ4n) is 2.93. The molecule has 2 heterocycles. The van der Waals surface area contributed by atoms with Crippen LogP contribution in [0.1, 0.15) is 27.6 Å². The van der Waals surface area contributed by atoms with Crippen LogP contribution in [0.4, 0.5) is 0 Å². The molecule has 27 heavy (non-hydrogen) atoms. The average molecular weight is 385 g/mol. The molecule has 4 rings (SSSR count). The first-order chi connectivity index (χ1) is 13.0. The second-order valence-corrected chi connectivity index (χ2v) is 7.76. The quantitative estimate of drug-likeness (QED) is 0.752. The highest BCUT2D eigenvalue weighted by Gasteiger charge is 2.45. The van der Waals surface area contributed by atoms with Gasteiger partial charge in [-0.05, 0) is 11.6 Å². The second kappa shape index (κ2) is 6.55. The lowest BCUT2D eigenvalue weighted by Crippen LogP contribution is -2.18. The molecule has 0 saturated carbocycles. The molecule has 0 spiro atoms. The van der Waals surface area contributed by atoms with E-state index >= 15 is 0 Å². The van der Waals surface area contributed by atoms with Crippen LogP contribution in [0, 0.1) is 0 Å². The highest BCUT2D eigenvalue weighted by atomic mass is 32.2. The number of carbonyl (C=O) groups excluding carboxylic acids is 2. The van der Waals surface area contributed by atoms with Crippen molar-refractivity contribution in [1.29, 1.82) is 0 Å². The minimum absolute atomic E-state index is 0.0426. The van der Waals surface area contributed by atoms with Gasteiger partial charge in [0.25, 0.3) is 11.6 Å². The van der Waals surface area contributed by atoms with Gasteiger partial charge in [-0.1, -0.05) is 48.5 Å². The summed E-state index contributed by atoms with van der Waals surface area (Å²) in [6.45, 7) is 0. The van der Waals surface area contributed by atoms with Gasteiger partial charge in [0, 0.05) is 5.56 Å². The molecule has 7 nitrogen and oxygen atoms in total. The first kappa shape index (κ1) is 17.3. The number of methoxy groups -OCH3 is 1. The topological polar surface area (TPSA) is 91.3 Å². The SMILES string of the molecule is COC(=O)c1ccccc1C1OC2=C(OS(=O)(Cc3ccccc3)=N2)C1=O. The van der Waals surface area contributed by atoms with Gasteiger partial charge in [0.15, 0.2) is 6.10 Å². The van der Waals surface area contributed by atoms with Crippen molar-refractivity contribution in [3.8, 4) is 0 Å². The van der Waals surface area contributed by atoms with Crippen LogP contribution >= 0.6 is 0 Å². The molecule has 2 aliphatic rings. The number of nitrogens with zero attached hydrogens (tertiary/aromatic N) is 1. The lowest BCUT2D eigenvalue weighted by atomic mass is 9.99. The summed E-state index contributed by atoms with van der Waals surface area (Å²) in [5, 5.41) is 0. The van der Waals surface area contributed by atoms with Gasteiger partial charge in [-0.25, -0.2) is 9.00 Å². The van der Waals surface area contributed by atoms with Crippen LogP contribution in [-0.2, 0) is 34.2 Å². The summed E-state index contributed by atoms with van der Waals surface area (Å²) < 4.78 is 32.6. The highest BCUT2D eigenvalue weighted by Crippen LogP contribution is 2.41. The molecule has 2 aromatic rings. The van der Waals surface area contributed by atoms with E-state index in [1.54, 1.807) is 30.3 Å². The average Bonchev–Trinajstić information content (AvgIpc) is 3.15. The summed E-state index contributed by atoms with van der Waals surface area (Å²) in [4.78, 5) is 24.7. The van der Waals surface area contributed by atoms with Crippen LogP contribution < -0.4 is 0 Å². The number of hydrogen-bond donors (Lipinski definition) is 0. The van der Waals surface area contributed by atoms with Crippen molar-refractivity contribution in [2.45, 2.75) is 11.9 Å². The van der Waals surface area contributed by atoms with E-state index in [1.807, 2.05) is 18.2 Å². The van der Waals surface area contributed by atoms with Crippen LogP contribution in [0.25, 0.3) is 0 Å². The van der Waals surface area contributed by atoms with Crippen molar-refractivity contribution in [2.24, 2.45) is 4.36 Å². The van der Waals surface area contributed by atoms with Crippen LogP contribution in [0.5, 0.6) is 0 Å². The molecule has 0 N–H and O–H groups in total. The van der Waals surface area contributed by atoms with Gasteiger partial charge in [0.05, 0.1) is 18.4 Å². The summed E-state index contributed by atoms with van der Waals surface area (Å²) >= 11 is 0.